The summed E-state index contributed by atoms with van der Waals surface area (Å²) in [4.78, 5) is 0. The molecule has 0 amide bonds. The average Bonchev–Trinajstić information content (AvgIpc) is 2.46. The van der Waals surface area contributed by atoms with Gasteiger partial charge in [0.15, 0.2) is 0 Å². The normalized spacial score (nSPS) is 13.5. The van der Waals surface area contributed by atoms with Gasteiger partial charge in [0.05, 0.1) is 6.04 Å². The fourth-order valence-corrected chi connectivity index (χ4v) is 1.97. The van der Waals surface area contributed by atoms with E-state index in [4.69, 9.17) is 5.73 Å². The molecule has 0 aliphatic carbocycles. The molecule has 1 nitrogen and oxygen atoms in total. The van der Waals surface area contributed by atoms with Gasteiger partial charge in [-0.25, -0.2) is 17.6 Å². The molecule has 118 valence electrons. The molecule has 0 spiro atoms. The first-order chi connectivity index (χ1) is 10.2. The Morgan fingerprint density at radius 1 is 0.818 bits per heavy atom. The lowest BCUT2D eigenvalue weighted by molar-refractivity contribution is -0.135. The Labute approximate surface area is 122 Å². The first-order valence-electron chi connectivity index (χ1n) is 6.20. The van der Waals surface area contributed by atoms with Crippen LogP contribution in [0.25, 0.3) is 0 Å². The topological polar surface area (TPSA) is 26.0 Å². The van der Waals surface area contributed by atoms with Crippen LogP contribution >= 0.6 is 0 Å². The van der Waals surface area contributed by atoms with Crippen LogP contribution < -0.4 is 5.73 Å². The zero-order valence-electron chi connectivity index (χ0n) is 11.0. The maximum absolute atomic E-state index is 13.5. The Morgan fingerprint density at radius 2 is 1.41 bits per heavy atom. The van der Waals surface area contributed by atoms with Gasteiger partial charge < -0.3 is 5.73 Å². The summed E-state index contributed by atoms with van der Waals surface area (Å²) in [5.41, 5.74) is 4.87. The Kier molecular flexibility index (Phi) is 4.46. The van der Waals surface area contributed by atoms with Gasteiger partial charge in [0, 0.05) is 5.56 Å². The fraction of sp³-hybridized carbons (Fsp3) is 0.200. The van der Waals surface area contributed by atoms with Crippen molar-refractivity contribution in [2.45, 2.75) is 18.4 Å². The molecule has 1 unspecified atom stereocenters. The number of rotatable bonds is 4. The Bertz CT molecular complexity index is 654. The third kappa shape index (κ3) is 3.24. The second-order valence-electron chi connectivity index (χ2n) is 4.73. The number of benzene rings is 2. The molecule has 0 saturated heterocycles. The van der Waals surface area contributed by atoms with Crippen LogP contribution in [0.3, 0.4) is 0 Å². The van der Waals surface area contributed by atoms with Gasteiger partial charge >= 0.3 is 12.3 Å². The highest BCUT2D eigenvalue weighted by atomic mass is 19.3. The molecule has 0 aliphatic heterocycles. The first-order valence-corrected chi connectivity index (χ1v) is 6.20. The quantitative estimate of drug-likeness (QED) is 0.832. The molecule has 0 aromatic heterocycles. The fourth-order valence-electron chi connectivity index (χ4n) is 1.97. The summed E-state index contributed by atoms with van der Waals surface area (Å²) in [7, 11) is 0. The summed E-state index contributed by atoms with van der Waals surface area (Å²) in [6, 6.07) is 5.69. The Hall–Kier alpha value is -2.02. The van der Waals surface area contributed by atoms with Crippen LogP contribution in [0.2, 0.25) is 0 Å². The monoisotopic (exact) mass is 319 g/mol. The minimum absolute atomic E-state index is 0.109. The maximum atomic E-state index is 13.5. The molecule has 0 aliphatic rings. The van der Waals surface area contributed by atoms with E-state index in [9.17, 15) is 26.3 Å². The number of halogens is 6. The molecule has 1 atom stereocenters. The van der Waals surface area contributed by atoms with Crippen molar-refractivity contribution in [1.82, 2.24) is 0 Å². The number of hydrogen-bond donors (Lipinski definition) is 1. The van der Waals surface area contributed by atoms with Gasteiger partial charge in [0.25, 0.3) is 0 Å². The van der Waals surface area contributed by atoms with Crippen LogP contribution in [0.4, 0.5) is 26.3 Å². The summed E-state index contributed by atoms with van der Waals surface area (Å²) in [6.07, 6.45) is -3.97. The molecule has 0 bridgehead atoms. The zero-order chi connectivity index (χ0) is 16.5. The predicted octanol–water partition coefficient (Wildman–Crippen LogP) is 4.37. The SMILES string of the molecule is NC(c1ccc(F)cc1)c1cc(F)cc(C(F)(F)C(F)F)c1. The van der Waals surface area contributed by atoms with E-state index < -0.39 is 35.6 Å². The van der Waals surface area contributed by atoms with E-state index in [1.54, 1.807) is 0 Å². The lowest BCUT2D eigenvalue weighted by atomic mass is 9.96. The van der Waals surface area contributed by atoms with Gasteiger partial charge in [-0.05, 0) is 41.5 Å². The van der Waals surface area contributed by atoms with Crippen LogP contribution in [-0.4, -0.2) is 6.43 Å². The van der Waals surface area contributed by atoms with E-state index in [-0.39, 0.29) is 5.56 Å². The van der Waals surface area contributed by atoms with Gasteiger partial charge in [-0.15, -0.1) is 0 Å². The van der Waals surface area contributed by atoms with E-state index in [1.807, 2.05) is 0 Å². The molecule has 0 saturated carbocycles. The van der Waals surface area contributed by atoms with Gasteiger partial charge in [-0.3, -0.25) is 0 Å². The second kappa shape index (κ2) is 6.00. The molecular weight excluding hydrogens is 308 g/mol. The van der Waals surface area contributed by atoms with Crippen molar-refractivity contribution in [3.63, 3.8) is 0 Å². The second-order valence-corrected chi connectivity index (χ2v) is 4.73. The summed E-state index contributed by atoms with van der Waals surface area (Å²) < 4.78 is 77.8. The molecule has 2 aromatic rings. The van der Waals surface area contributed by atoms with E-state index in [1.165, 1.54) is 12.1 Å². The maximum Gasteiger partial charge on any atom is 0.332 e. The van der Waals surface area contributed by atoms with Crippen LogP contribution in [0.15, 0.2) is 42.5 Å². The van der Waals surface area contributed by atoms with E-state index in [2.05, 4.69) is 0 Å². The molecule has 2 aromatic carbocycles. The molecule has 22 heavy (non-hydrogen) atoms. The van der Waals surface area contributed by atoms with Crippen LogP contribution in [-0.2, 0) is 5.92 Å². The summed E-state index contributed by atoms with van der Waals surface area (Å²) in [6.45, 7) is 0. The minimum Gasteiger partial charge on any atom is -0.320 e. The third-order valence-corrected chi connectivity index (χ3v) is 3.17. The molecule has 2 N–H and O–H groups in total. The summed E-state index contributed by atoms with van der Waals surface area (Å²) in [5, 5.41) is 0. The Morgan fingerprint density at radius 3 is 1.95 bits per heavy atom. The van der Waals surface area contributed by atoms with Crippen molar-refractivity contribution in [3.8, 4) is 0 Å². The molecule has 2 rings (SSSR count). The highest BCUT2D eigenvalue weighted by Gasteiger charge is 2.43. The lowest BCUT2D eigenvalue weighted by Gasteiger charge is -2.19. The standard InChI is InChI=1S/C15H11F6N/c16-11-3-1-8(2-4-11)13(22)9-5-10(7-12(17)6-9)15(20,21)14(18)19/h1-7,13-14H,22H2. The number of nitrogens with two attached hydrogens (primary N) is 1. The van der Waals surface area contributed by atoms with Gasteiger partial charge in [-0.2, -0.15) is 8.78 Å². The number of hydrogen-bond acceptors (Lipinski definition) is 1. The predicted molar refractivity (Wildman–Crippen MR) is 68.7 cm³/mol. The molecule has 7 heteroatoms. The summed E-state index contributed by atoms with van der Waals surface area (Å²) >= 11 is 0. The van der Waals surface area contributed by atoms with Crippen molar-refractivity contribution >= 4 is 0 Å². The highest BCUT2D eigenvalue weighted by Crippen LogP contribution is 2.36. The van der Waals surface area contributed by atoms with Crippen LogP contribution in [0.1, 0.15) is 22.7 Å². The van der Waals surface area contributed by atoms with Gasteiger partial charge in [-0.1, -0.05) is 12.1 Å². The van der Waals surface area contributed by atoms with Crippen LogP contribution in [0.5, 0.6) is 0 Å². The van der Waals surface area contributed by atoms with Crippen molar-refractivity contribution in [2.75, 3.05) is 0 Å². The van der Waals surface area contributed by atoms with Crippen molar-refractivity contribution in [3.05, 3.63) is 70.8 Å². The minimum atomic E-state index is -4.49. The first kappa shape index (κ1) is 16.4. The molecule has 0 heterocycles. The van der Waals surface area contributed by atoms with E-state index in [0.29, 0.717) is 11.6 Å². The molecule has 0 radical (unpaired) electrons. The van der Waals surface area contributed by atoms with Crippen molar-refractivity contribution in [1.29, 1.82) is 0 Å². The Balaban J connectivity index is 2.43. The number of alkyl halides is 4. The third-order valence-electron chi connectivity index (χ3n) is 3.17. The van der Waals surface area contributed by atoms with Crippen LogP contribution in [0, 0.1) is 11.6 Å². The smallest absolute Gasteiger partial charge is 0.320 e. The molecular formula is C15H11F6N. The van der Waals surface area contributed by atoms with Crippen molar-refractivity contribution in [2.24, 2.45) is 5.73 Å². The average molecular weight is 319 g/mol. The van der Waals surface area contributed by atoms with Crippen molar-refractivity contribution < 1.29 is 26.3 Å². The van der Waals surface area contributed by atoms with Gasteiger partial charge in [0.2, 0.25) is 0 Å². The summed E-state index contributed by atoms with van der Waals surface area (Å²) in [5.74, 6) is -6.12. The van der Waals surface area contributed by atoms with Gasteiger partial charge in [0.1, 0.15) is 11.6 Å². The largest absolute Gasteiger partial charge is 0.332 e. The molecule has 0 fully saturated rings. The highest BCUT2D eigenvalue weighted by molar-refractivity contribution is 5.36. The lowest BCUT2D eigenvalue weighted by Crippen LogP contribution is -2.24. The van der Waals surface area contributed by atoms with E-state index in [0.717, 1.165) is 24.3 Å². The van der Waals surface area contributed by atoms with E-state index >= 15 is 0 Å². The zero-order valence-corrected chi connectivity index (χ0v) is 11.0.